The van der Waals surface area contributed by atoms with Gasteiger partial charge in [0.05, 0.1) is 26.0 Å². The summed E-state index contributed by atoms with van der Waals surface area (Å²) in [5, 5.41) is 15.8. The Balaban J connectivity index is 2.19. The van der Waals surface area contributed by atoms with Crippen molar-refractivity contribution >= 4 is 34.1 Å². The highest BCUT2D eigenvalue weighted by molar-refractivity contribution is 6.42. The van der Waals surface area contributed by atoms with E-state index >= 15 is 0 Å². The van der Waals surface area contributed by atoms with Crippen molar-refractivity contribution in [1.82, 2.24) is 9.88 Å². The van der Waals surface area contributed by atoms with Crippen LogP contribution in [0.3, 0.4) is 0 Å². The zero-order valence-electron chi connectivity index (χ0n) is 15.4. The van der Waals surface area contributed by atoms with Crippen LogP contribution in [-0.2, 0) is 7.05 Å². The number of hydrogen-bond donors (Lipinski definition) is 1. The number of allylic oxidation sites excluding steroid dienone is 1. The molecule has 29 heavy (non-hydrogen) atoms. The lowest BCUT2D eigenvalue weighted by atomic mass is 9.86. The predicted molar refractivity (Wildman–Crippen MR) is 111 cm³/mol. The molecular formula is C20H15Cl2N3O4. The molecule has 0 spiro atoms. The summed E-state index contributed by atoms with van der Waals surface area (Å²) in [4.78, 5) is 24.8. The largest absolute Gasteiger partial charge is 0.434 e. The van der Waals surface area contributed by atoms with Gasteiger partial charge >= 0.3 is 5.70 Å². The summed E-state index contributed by atoms with van der Waals surface area (Å²) in [6.07, 6.45) is 0. The number of ether oxygens (including phenoxy) is 1. The van der Waals surface area contributed by atoms with E-state index in [2.05, 4.69) is 5.32 Å². The molecule has 2 aromatic carbocycles. The van der Waals surface area contributed by atoms with Gasteiger partial charge in [0.2, 0.25) is 0 Å². The van der Waals surface area contributed by atoms with Crippen molar-refractivity contribution in [3.05, 3.63) is 95.7 Å². The molecule has 0 aliphatic carbocycles. The van der Waals surface area contributed by atoms with Gasteiger partial charge in [-0.25, -0.2) is 0 Å². The molecule has 1 atom stereocenters. The Hall–Kier alpha value is -3.03. The van der Waals surface area contributed by atoms with Crippen LogP contribution in [0.25, 0.3) is 10.9 Å². The minimum atomic E-state index is -1.06. The van der Waals surface area contributed by atoms with Crippen LogP contribution in [0, 0.1) is 10.1 Å². The molecule has 148 valence electrons. The highest BCUT2D eigenvalue weighted by atomic mass is 35.5. The van der Waals surface area contributed by atoms with Gasteiger partial charge in [-0.1, -0.05) is 47.5 Å². The average molecular weight is 432 g/mol. The summed E-state index contributed by atoms with van der Waals surface area (Å²) in [7, 11) is 3.13. The summed E-state index contributed by atoms with van der Waals surface area (Å²) >= 11 is 12.6. The molecule has 0 amide bonds. The van der Waals surface area contributed by atoms with Crippen molar-refractivity contribution in [2.45, 2.75) is 5.92 Å². The van der Waals surface area contributed by atoms with Crippen molar-refractivity contribution < 1.29 is 9.66 Å². The third-order valence-electron chi connectivity index (χ3n) is 5.00. The monoisotopic (exact) mass is 431 g/mol. The van der Waals surface area contributed by atoms with E-state index in [9.17, 15) is 14.9 Å². The molecule has 1 aromatic heterocycles. The fourth-order valence-corrected chi connectivity index (χ4v) is 4.11. The van der Waals surface area contributed by atoms with Crippen LogP contribution in [-0.4, -0.2) is 16.5 Å². The van der Waals surface area contributed by atoms with Crippen molar-refractivity contribution in [3.63, 3.8) is 0 Å². The maximum Gasteiger partial charge on any atom is 0.317 e. The minimum Gasteiger partial charge on any atom is -0.434 e. The summed E-state index contributed by atoms with van der Waals surface area (Å²) in [5.74, 6) is -0.854. The van der Waals surface area contributed by atoms with Gasteiger partial charge in [-0.15, -0.1) is 0 Å². The van der Waals surface area contributed by atoms with Crippen LogP contribution >= 0.6 is 23.2 Å². The molecule has 7 nitrogen and oxygen atoms in total. The summed E-state index contributed by atoms with van der Waals surface area (Å²) in [6.45, 7) is 0. The van der Waals surface area contributed by atoms with E-state index in [-0.39, 0.29) is 32.9 Å². The van der Waals surface area contributed by atoms with Gasteiger partial charge in [-0.3, -0.25) is 14.9 Å². The quantitative estimate of drug-likeness (QED) is 0.499. The maximum absolute atomic E-state index is 13.3. The Bertz CT molecular complexity index is 1270. The normalized spacial score (nSPS) is 15.8. The second kappa shape index (κ2) is 7.09. The Morgan fingerprint density at radius 2 is 1.90 bits per heavy atom. The Labute approximate surface area is 175 Å². The third-order valence-corrected chi connectivity index (χ3v) is 5.84. The standard InChI is InChI=1S/C20H15Cl2N3O4/c1-23-19-17(25(27)28)14(11-7-5-8-12(21)16(11)22)15-18(29-19)10-6-3-4-9-13(10)24(2)20(15)26/h3-9,14,23H,1-2H3. The molecule has 0 bridgehead atoms. The molecule has 0 saturated carbocycles. The first-order chi connectivity index (χ1) is 13.9. The van der Waals surface area contributed by atoms with Crippen molar-refractivity contribution in [1.29, 1.82) is 0 Å². The van der Waals surface area contributed by atoms with Gasteiger partial charge in [0.25, 0.3) is 11.4 Å². The van der Waals surface area contributed by atoms with E-state index in [0.29, 0.717) is 16.5 Å². The smallest absolute Gasteiger partial charge is 0.317 e. The molecule has 9 heteroatoms. The highest BCUT2D eigenvalue weighted by Gasteiger charge is 2.43. The molecular weight excluding hydrogens is 417 g/mol. The van der Waals surface area contributed by atoms with Gasteiger partial charge in [-0.05, 0) is 23.8 Å². The number of aromatic nitrogens is 1. The third kappa shape index (κ3) is 2.85. The van der Waals surface area contributed by atoms with Crippen LogP contribution in [0.5, 0.6) is 5.75 Å². The number of para-hydroxylation sites is 1. The summed E-state index contributed by atoms with van der Waals surface area (Å²) < 4.78 is 7.31. The number of aryl methyl sites for hydroxylation is 1. The SMILES string of the molecule is CNC1=C([N+](=O)[O-])C(c2cccc(Cl)c2Cl)c2c(c3ccccc3n(C)c2=O)O1. The van der Waals surface area contributed by atoms with Crippen LogP contribution in [0.15, 0.2) is 58.8 Å². The van der Waals surface area contributed by atoms with Crippen LogP contribution in [0.1, 0.15) is 17.0 Å². The number of benzene rings is 2. The highest BCUT2D eigenvalue weighted by Crippen LogP contribution is 2.46. The number of pyridine rings is 1. The van der Waals surface area contributed by atoms with Gasteiger partial charge in [-0.2, -0.15) is 0 Å². The van der Waals surface area contributed by atoms with Gasteiger partial charge in [0.15, 0.2) is 0 Å². The number of rotatable bonds is 3. The van der Waals surface area contributed by atoms with Gasteiger partial charge in [0, 0.05) is 19.5 Å². The number of halogens is 2. The fourth-order valence-electron chi connectivity index (χ4n) is 3.69. The molecule has 1 unspecified atom stereocenters. The second-order valence-corrected chi connectivity index (χ2v) is 7.31. The van der Waals surface area contributed by atoms with Crippen molar-refractivity contribution in [2.75, 3.05) is 7.05 Å². The molecule has 0 fully saturated rings. The molecule has 2 heterocycles. The first kappa shape index (κ1) is 19.3. The zero-order chi connectivity index (χ0) is 20.9. The van der Waals surface area contributed by atoms with Crippen LogP contribution < -0.4 is 15.6 Å². The van der Waals surface area contributed by atoms with Gasteiger partial charge in [0.1, 0.15) is 11.7 Å². The first-order valence-corrected chi connectivity index (χ1v) is 9.42. The Morgan fingerprint density at radius 3 is 2.59 bits per heavy atom. The van der Waals surface area contributed by atoms with Crippen molar-refractivity contribution in [2.24, 2.45) is 7.05 Å². The summed E-state index contributed by atoms with van der Waals surface area (Å²) in [5.41, 5.74) is 0.426. The summed E-state index contributed by atoms with van der Waals surface area (Å²) in [6, 6.07) is 12.0. The lowest BCUT2D eigenvalue weighted by Gasteiger charge is -2.27. The van der Waals surface area contributed by atoms with Crippen LogP contribution in [0.4, 0.5) is 0 Å². The molecule has 1 aliphatic rings. The number of fused-ring (bicyclic) bond motifs is 3. The first-order valence-electron chi connectivity index (χ1n) is 8.66. The van der Waals surface area contributed by atoms with E-state index in [4.69, 9.17) is 27.9 Å². The lowest BCUT2D eigenvalue weighted by molar-refractivity contribution is -0.432. The average Bonchev–Trinajstić information content (AvgIpc) is 2.72. The van der Waals surface area contributed by atoms with Crippen LogP contribution in [0.2, 0.25) is 10.0 Å². The lowest BCUT2D eigenvalue weighted by Crippen LogP contribution is -2.34. The predicted octanol–water partition coefficient (Wildman–Crippen LogP) is 4.03. The molecule has 0 radical (unpaired) electrons. The van der Waals surface area contributed by atoms with E-state index in [1.807, 2.05) is 6.07 Å². The van der Waals surface area contributed by atoms with E-state index in [0.717, 1.165) is 0 Å². The number of nitrogens with one attached hydrogen (secondary N) is 1. The number of nitro groups is 1. The molecule has 0 saturated heterocycles. The molecule has 3 aromatic rings. The number of hydrogen-bond acceptors (Lipinski definition) is 5. The van der Waals surface area contributed by atoms with E-state index in [1.54, 1.807) is 43.4 Å². The van der Waals surface area contributed by atoms with E-state index < -0.39 is 16.4 Å². The van der Waals surface area contributed by atoms with E-state index in [1.165, 1.54) is 11.6 Å². The maximum atomic E-state index is 13.3. The van der Waals surface area contributed by atoms with Gasteiger partial charge < -0.3 is 14.6 Å². The Morgan fingerprint density at radius 1 is 1.17 bits per heavy atom. The minimum absolute atomic E-state index is 0.0538. The number of nitrogens with zero attached hydrogens (tertiary/aromatic N) is 2. The molecule has 1 N–H and O–H groups in total. The van der Waals surface area contributed by atoms with Crippen molar-refractivity contribution in [3.8, 4) is 5.75 Å². The molecule has 1 aliphatic heterocycles. The second-order valence-electron chi connectivity index (χ2n) is 6.52. The Kier molecular flexibility index (Phi) is 4.72. The fraction of sp³-hybridized carbons (Fsp3) is 0.150. The topological polar surface area (TPSA) is 86.4 Å². The molecule has 4 rings (SSSR count). The zero-order valence-corrected chi connectivity index (χ0v) is 16.9.